The molecule has 0 bridgehead atoms. The maximum Gasteiger partial charge on any atom is 0.238 e. The number of hydrogen-bond donors (Lipinski definition) is 1. The molecule has 5 nitrogen and oxygen atoms in total. The highest BCUT2D eigenvalue weighted by molar-refractivity contribution is 5.40. The first-order chi connectivity index (χ1) is 7.79. The Bertz CT molecular complexity index is 532. The number of para-hydroxylation sites is 2. The van der Waals surface area contributed by atoms with Crippen LogP contribution < -0.4 is 4.74 Å². The van der Waals surface area contributed by atoms with Gasteiger partial charge in [-0.1, -0.05) is 12.1 Å². The van der Waals surface area contributed by atoms with Crippen LogP contribution in [0.2, 0.25) is 0 Å². The van der Waals surface area contributed by atoms with Gasteiger partial charge in [-0.25, -0.2) is 9.97 Å². The van der Waals surface area contributed by atoms with Crippen LogP contribution >= 0.6 is 0 Å². The topological polar surface area (TPSA) is 79.0 Å². The molecule has 0 amide bonds. The van der Waals surface area contributed by atoms with Gasteiger partial charge in [0.1, 0.15) is 6.07 Å². The summed E-state index contributed by atoms with van der Waals surface area (Å²) < 4.78 is 5.28. The zero-order chi connectivity index (χ0) is 11.4. The molecular formula is C11H7N3O2. The van der Waals surface area contributed by atoms with Crippen molar-refractivity contribution in [2.45, 2.75) is 0 Å². The second-order valence-corrected chi connectivity index (χ2v) is 2.92. The smallest absolute Gasteiger partial charge is 0.238 e. The third-order valence-corrected chi connectivity index (χ3v) is 1.82. The minimum absolute atomic E-state index is 0.0219. The maximum absolute atomic E-state index is 9.45. The molecule has 0 unspecified atom stereocenters. The Balaban J connectivity index is 2.22. The number of nitrogens with zero attached hydrogens (tertiary/aromatic N) is 3. The van der Waals surface area contributed by atoms with Crippen LogP contribution in [0.3, 0.4) is 0 Å². The van der Waals surface area contributed by atoms with Crippen LogP contribution in [-0.2, 0) is 0 Å². The first-order valence-electron chi connectivity index (χ1n) is 4.47. The average molecular weight is 213 g/mol. The highest BCUT2D eigenvalue weighted by Gasteiger charge is 2.03. The molecule has 0 radical (unpaired) electrons. The largest absolute Gasteiger partial charge is 0.504 e. The van der Waals surface area contributed by atoms with Gasteiger partial charge in [0.15, 0.2) is 17.2 Å². The molecule has 1 N–H and O–H groups in total. The van der Waals surface area contributed by atoms with Crippen LogP contribution in [0.4, 0.5) is 0 Å². The Morgan fingerprint density at radius 1 is 1.19 bits per heavy atom. The first-order valence-corrected chi connectivity index (χ1v) is 4.47. The molecule has 2 rings (SSSR count). The van der Waals surface area contributed by atoms with Crippen molar-refractivity contribution in [1.82, 2.24) is 9.97 Å². The summed E-state index contributed by atoms with van der Waals surface area (Å²) in [6.45, 7) is 0. The van der Waals surface area contributed by atoms with Gasteiger partial charge in [0.05, 0.1) is 12.4 Å². The van der Waals surface area contributed by atoms with Gasteiger partial charge in [0, 0.05) is 0 Å². The fourth-order valence-electron chi connectivity index (χ4n) is 1.08. The molecule has 2 aromatic rings. The van der Waals surface area contributed by atoms with Crippen LogP contribution in [0.1, 0.15) is 5.69 Å². The zero-order valence-electron chi connectivity index (χ0n) is 8.16. The van der Waals surface area contributed by atoms with E-state index in [0.717, 1.165) is 0 Å². The summed E-state index contributed by atoms with van der Waals surface area (Å²) in [5.74, 6) is 0.538. The summed E-state index contributed by atoms with van der Waals surface area (Å²) in [5, 5.41) is 18.0. The van der Waals surface area contributed by atoms with Crippen LogP contribution in [0.5, 0.6) is 17.4 Å². The van der Waals surface area contributed by atoms with Gasteiger partial charge >= 0.3 is 0 Å². The van der Waals surface area contributed by atoms with E-state index in [9.17, 15) is 5.11 Å². The van der Waals surface area contributed by atoms with Gasteiger partial charge in [-0.3, -0.25) is 0 Å². The fourth-order valence-corrected chi connectivity index (χ4v) is 1.08. The van der Waals surface area contributed by atoms with Gasteiger partial charge in [-0.15, -0.1) is 0 Å². The lowest BCUT2D eigenvalue weighted by molar-refractivity contribution is 0.401. The molecule has 16 heavy (non-hydrogen) atoms. The second-order valence-electron chi connectivity index (χ2n) is 2.92. The summed E-state index contributed by atoms with van der Waals surface area (Å²) in [7, 11) is 0. The van der Waals surface area contributed by atoms with E-state index in [0.29, 0.717) is 5.75 Å². The lowest BCUT2D eigenvalue weighted by atomic mass is 10.3. The van der Waals surface area contributed by atoms with Crippen molar-refractivity contribution in [2.75, 3.05) is 0 Å². The normalized spacial score (nSPS) is 9.44. The number of ether oxygens (including phenoxy) is 1. The van der Waals surface area contributed by atoms with E-state index in [1.807, 2.05) is 6.07 Å². The second kappa shape index (κ2) is 4.28. The molecule has 1 heterocycles. The van der Waals surface area contributed by atoms with Crippen molar-refractivity contribution in [3.63, 3.8) is 0 Å². The highest BCUT2D eigenvalue weighted by atomic mass is 16.5. The van der Waals surface area contributed by atoms with Crippen molar-refractivity contribution >= 4 is 0 Å². The maximum atomic E-state index is 9.45. The molecular weight excluding hydrogens is 206 g/mol. The number of aromatic hydroxyl groups is 1. The molecule has 0 atom stereocenters. The van der Waals surface area contributed by atoms with Gasteiger partial charge in [0.25, 0.3) is 0 Å². The third-order valence-electron chi connectivity index (χ3n) is 1.82. The number of rotatable bonds is 2. The number of aromatic nitrogens is 2. The lowest BCUT2D eigenvalue weighted by Crippen LogP contribution is -1.91. The van der Waals surface area contributed by atoms with E-state index in [-0.39, 0.29) is 17.3 Å². The molecule has 1 aromatic carbocycles. The van der Waals surface area contributed by atoms with E-state index in [4.69, 9.17) is 10.00 Å². The van der Waals surface area contributed by atoms with Gasteiger partial charge in [-0.05, 0) is 12.1 Å². The zero-order valence-corrected chi connectivity index (χ0v) is 8.16. The Labute approximate surface area is 91.6 Å². The number of benzene rings is 1. The summed E-state index contributed by atoms with van der Waals surface area (Å²) in [6, 6.07) is 8.38. The molecule has 5 heteroatoms. The molecule has 0 aliphatic heterocycles. The molecule has 1 aromatic heterocycles. The van der Waals surface area contributed by atoms with Gasteiger partial charge in [-0.2, -0.15) is 5.26 Å². The minimum atomic E-state index is 0.0219. The highest BCUT2D eigenvalue weighted by Crippen LogP contribution is 2.28. The van der Waals surface area contributed by atoms with Crippen LogP contribution in [-0.4, -0.2) is 15.1 Å². The molecule has 0 saturated carbocycles. The molecule has 0 aliphatic carbocycles. The fraction of sp³-hybridized carbons (Fsp3) is 0. The minimum Gasteiger partial charge on any atom is -0.504 e. The SMILES string of the molecule is N#Cc1cnc(Oc2ccccc2O)cn1. The Morgan fingerprint density at radius 2 is 2.00 bits per heavy atom. The van der Waals surface area contributed by atoms with Crippen molar-refractivity contribution in [3.05, 3.63) is 42.4 Å². The Kier molecular flexibility index (Phi) is 2.65. The number of nitriles is 1. The molecule has 0 fully saturated rings. The number of phenolic OH excluding ortho intramolecular Hbond substituents is 1. The molecule has 0 aliphatic rings. The van der Waals surface area contributed by atoms with E-state index >= 15 is 0 Å². The quantitative estimate of drug-likeness (QED) is 0.823. The van der Waals surface area contributed by atoms with E-state index < -0.39 is 0 Å². The molecule has 0 saturated heterocycles. The summed E-state index contributed by atoms with van der Waals surface area (Å²) in [5.41, 5.74) is 0.213. The predicted octanol–water partition coefficient (Wildman–Crippen LogP) is 1.85. The lowest BCUT2D eigenvalue weighted by Gasteiger charge is -2.05. The van der Waals surface area contributed by atoms with Crippen molar-refractivity contribution in [2.24, 2.45) is 0 Å². The predicted molar refractivity (Wildman–Crippen MR) is 54.9 cm³/mol. The van der Waals surface area contributed by atoms with E-state index in [1.165, 1.54) is 18.5 Å². The number of hydrogen-bond acceptors (Lipinski definition) is 5. The summed E-state index contributed by atoms with van der Waals surface area (Å²) >= 11 is 0. The van der Waals surface area contributed by atoms with E-state index in [2.05, 4.69) is 9.97 Å². The first kappa shape index (κ1) is 9.93. The standard InChI is InChI=1S/C11H7N3O2/c12-5-8-6-14-11(7-13-8)16-10-4-2-1-3-9(10)15/h1-4,6-7,15H. The van der Waals surface area contributed by atoms with Crippen molar-refractivity contribution < 1.29 is 9.84 Å². The van der Waals surface area contributed by atoms with Crippen LogP contribution in [0.25, 0.3) is 0 Å². The molecule has 0 spiro atoms. The summed E-state index contributed by atoms with van der Waals surface area (Å²) in [4.78, 5) is 7.66. The van der Waals surface area contributed by atoms with Crippen molar-refractivity contribution in [3.8, 4) is 23.4 Å². The van der Waals surface area contributed by atoms with Gasteiger partial charge in [0.2, 0.25) is 5.88 Å². The Morgan fingerprint density at radius 3 is 2.62 bits per heavy atom. The summed E-state index contributed by atoms with van der Waals surface area (Å²) in [6.07, 6.45) is 2.63. The van der Waals surface area contributed by atoms with Crippen LogP contribution in [0.15, 0.2) is 36.7 Å². The van der Waals surface area contributed by atoms with Gasteiger partial charge < -0.3 is 9.84 Å². The average Bonchev–Trinajstić information content (AvgIpc) is 2.33. The molecule has 78 valence electrons. The third kappa shape index (κ3) is 2.07. The number of phenols is 1. The van der Waals surface area contributed by atoms with Crippen molar-refractivity contribution in [1.29, 1.82) is 5.26 Å². The monoisotopic (exact) mass is 213 g/mol. The van der Waals surface area contributed by atoms with E-state index in [1.54, 1.807) is 18.2 Å². The Hall–Kier alpha value is -2.61. The van der Waals surface area contributed by atoms with Crippen LogP contribution in [0, 0.1) is 11.3 Å².